The predicted octanol–water partition coefficient (Wildman–Crippen LogP) is 1.69. The number of benzene rings is 1. The zero-order valence-electron chi connectivity index (χ0n) is 12.7. The zero-order valence-corrected chi connectivity index (χ0v) is 14.3. The van der Waals surface area contributed by atoms with Gasteiger partial charge in [0.15, 0.2) is 0 Å². The van der Waals surface area contributed by atoms with Crippen molar-refractivity contribution in [2.45, 2.75) is 6.54 Å². The maximum atomic E-state index is 11.8. The Kier molecular flexibility index (Phi) is 6.31. The van der Waals surface area contributed by atoms with Crippen molar-refractivity contribution in [3.8, 4) is 0 Å². The molecule has 2 rings (SSSR count). The number of nitrogens with one attached hydrogen (secondary N) is 2. The molecule has 25 heavy (non-hydrogen) atoms. The van der Waals surface area contributed by atoms with Crippen LogP contribution in [-0.4, -0.2) is 33.7 Å². The van der Waals surface area contributed by atoms with E-state index in [9.17, 15) is 19.7 Å². The second-order valence-corrected chi connectivity index (χ2v) is 5.64. The number of halogens is 2. The monoisotopic (exact) mass is 385 g/mol. The molecule has 0 aliphatic heterocycles. The van der Waals surface area contributed by atoms with Gasteiger partial charge in [-0.15, -0.1) is 0 Å². The lowest BCUT2D eigenvalue weighted by molar-refractivity contribution is -0.384. The molecule has 1 aromatic heterocycles. The number of nitro groups is 1. The number of anilines is 1. The highest BCUT2D eigenvalue weighted by atomic mass is 35.5. The first-order valence-corrected chi connectivity index (χ1v) is 7.80. The molecule has 1 aromatic carbocycles. The number of hydrogen-bond donors (Lipinski definition) is 2. The minimum atomic E-state index is -0.645. The lowest BCUT2D eigenvalue weighted by Gasteiger charge is -2.09. The fourth-order valence-corrected chi connectivity index (χ4v) is 2.13. The second-order valence-electron chi connectivity index (χ2n) is 4.85. The standard InChI is InChI=1S/C14H13Cl2N5O4/c15-11-7-19-20(14(23)13(11)16)8-12(22)18-6-5-17-9-1-3-10(4-2-9)21(24)25/h1-4,7,17H,5-6,8H2,(H,18,22). The molecule has 0 saturated heterocycles. The van der Waals surface area contributed by atoms with Gasteiger partial charge in [0.05, 0.1) is 16.1 Å². The van der Waals surface area contributed by atoms with Gasteiger partial charge in [0.25, 0.3) is 11.2 Å². The summed E-state index contributed by atoms with van der Waals surface area (Å²) in [7, 11) is 0. The Bertz CT molecular complexity index is 838. The summed E-state index contributed by atoms with van der Waals surface area (Å²) in [5.74, 6) is -0.418. The largest absolute Gasteiger partial charge is 0.383 e. The predicted molar refractivity (Wildman–Crippen MR) is 93.1 cm³/mol. The molecule has 0 aliphatic rings. The van der Waals surface area contributed by atoms with E-state index in [-0.39, 0.29) is 28.8 Å². The van der Waals surface area contributed by atoms with Crippen LogP contribution in [0.25, 0.3) is 0 Å². The quantitative estimate of drug-likeness (QED) is 0.425. The number of nitrogens with zero attached hydrogens (tertiary/aromatic N) is 3. The Balaban J connectivity index is 1.78. The molecular formula is C14H13Cl2N5O4. The van der Waals surface area contributed by atoms with Gasteiger partial charge >= 0.3 is 0 Å². The van der Waals surface area contributed by atoms with Crippen molar-refractivity contribution in [1.29, 1.82) is 0 Å². The molecule has 0 aliphatic carbocycles. The fraction of sp³-hybridized carbons (Fsp3) is 0.214. The van der Waals surface area contributed by atoms with Crippen LogP contribution in [-0.2, 0) is 11.3 Å². The van der Waals surface area contributed by atoms with E-state index in [1.807, 2.05) is 0 Å². The van der Waals surface area contributed by atoms with Crippen LogP contribution in [0.5, 0.6) is 0 Å². The summed E-state index contributed by atoms with van der Waals surface area (Å²) in [5, 5.41) is 19.7. The van der Waals surface area contributed by atoms with Crippen molar-refractivity contribution in [1.82, 2.24) is 15.1 Å². The van der Waals surface area contributed by atoms with Gasteiger partial charge in [-0.2, -0.15) is 5.10 Å². The van der Waals surface area contributed by atoms with Crippen LogP contribution in [0.3, 0.4) is 0 Å². The first kappa shape index (κ1) is 18.7. The van der Waals surface area contributed by atoms with Gasteiger partial charge < -0.3 is 10.6 Å². The highest BCUT2D eigenvalue weighted by molar-refractivity contribution is 6.41. The highest BCUT2D eigenvalue weighted by Gasteiger charge is 2.10. The Morgan fingerprint density at radius 3 is 2.56 bits per heavy atom. The number of amides is 1. The third-order valence-corrected chi connectivity index (χ3v) is 3.84. The number of carbonyl (C=O) groups excluding carboxylic acids is 1. The van der Waals surface area contributed by atoms with Crippen molar-refractivity contribution in [3.63, 3.8) is 0 Å². The molecule has 2 N–H and O–H groups in total. The highest BCUT2D eigenvalue weighted by Crippen LogP contribution is 2.15. The van der Waals surface area contributed by atoms with E-state index in [0.29, 0.717) is 12.2 Å². The number of non-ortho nitro benzene ring substituents is 1. The molecule has 1 heterocycles. The first-order valence-electron chi connectivity index (χ1n) is 7.04. The summed E-state index contributed by atoms with van der Waals surface area (Å²) in [6, 6.07) is 5.89. The number of carbonyl (C=O) groups is 1. The van der Waals surface area contributed by atoms with Crippen molar-refractivity contribution in [2.24, 2.45) is 0 Å². The molecule has 0 radical (unpaired) electrons. The van der Waals surface area contributed by atoms with Crippen molar-refractivity contribution < 1.29 is 9.72 Å². The molecule has 1 amide bonds. The minimum Gasteiger partial charge on any atom is -0.383 e. The smallest absolute Gasteiger partial charge is 0.287 e. The maximum Gasteiger partial charge on any atom is 0.287 e. The molecule has 0 fully saturated rings. The average molecular weight is 386 g/mol. The zero-order chi connectivity index (χ0) is 18.4. The van der Waals surface area contributed by atoms with Crippen LogP contribution < -0.4 is 16.2 Å². The lowest BCUT2D eigenvalue weighted by atomic mass is 10.3. The van der Waals surface area contributed by atoms with Crippen LogP contribution >= 0.6 is 23.2 Å². The Labute approximate surface area is 151 Å². The van der Waals surface area contributed by atoms with Crippen molar-refractivity contribution in [3.05, 3.63) is 61.0 Å². The minimum absolute atomic E-state index is 0.00146. The molecular weight excluding hydrogens is 373 g/mol. The van der Waals surface area contributed by atoms with Gasteiger partial charge in [0.2, 0.25) is 5.91 Å². The summed E-state index contributed by atoms with van der Waals surface area (Å²) in [6.45, 7) is 0.395. The van der Waals surface area contributed by atoms with Crippen LogP contribution in [0, 0.1) is 10.1 Å². The average Bonchev–Trinajstić information content (AvgIpc) is 2.59. The van der Waals surface area contributed by atoms with Crippen molar-refractivity contribution in [2.75, 3.05) is 18.4 Å². The van der Waals surface area contributed by atoms with E-state index in [1.165, 1.54) is 18.3 Å². The summed E-state index contributed by atoms with van der Waals surface area (Å²) in [5.41, 5.74) is 0.0361. The lowest BCUT2D eigenvalue weighted by Crippen LogP contribution is -2.35. The molecule has 0 atom stereocenters. The number of aromatic nitrogens is 2. The summed E-state index contributed by atoms with van der Waals surface area (Å²) in [6.07, 6.45) is 1.19. The molecule has 0 saturated carbocycles. The third-order valence-electron chi connectivity index (χ3n) is 3.09. The third kappa shape index (κ3) is 5.16. The molecule has 0 unspecified atom stereocenters. The molecule has 132 valence electrons. The Hall–Kier alpha value is -2.65. The SMILES string of the molecule is O=C(Cn1ncc(Cl)c(Cl)c1=O)NCCNc1ccc([N+](=O)[O-])cc1. The summed E-state index contributed by atoms with van der Waals surface area (Å²) >= 11 is 11.4. The molecule has 0 bridgehead atoms. The maximum absolute atomic E-state index is 11.8. The van der Waals surface area contributed by atoms with E-state index < -0.39 is 16.4 Å². The van der Waals surface area contributed by atoms with Crippen LogP contribution in [0.15, 0.2) is 35.3 Å². The van der Waals surface area contributed by atoms with Gasteiger partial charge in [-0.05, 0) is 12.1 Å². The van der Waals surface area contributed by atoms with Crippen LogP contribution in [0.1, 0.15) is 0 Å². The van der Waals surface area contributed by atoms with E-state index in [1.54, 1.807) is 12.1 Å². The van der Waals surface area contributed by atoms with Gasteiger partial charge in [-0.1, -0.05) is 23.2 Å². The Morgan fingerprint density at radius 1 is 1.24 bits per heavy atom. The van der Waals surface area contributed by atoms with E-state index in [4.69, 9.17) is 23.2 Å². The van der Waals surface area contributed by atoms with Gasteiger partial charge in [0, 0.05) is 30.9 Å². The molecule has 9 nitrogen and oxygen atoms in total. The van der Waals surface area contributed by atoms with Crippen molar-refractivity contribution >= 4 is 40.5 Å². The van der Waals surface area contributed by atoms with Gasteiger partial charge in [-0.3, -0.25) is 19.7 Å². The molecule has 0 spiro atoms. The summed E-state index contributed by atoms with van der Waals surface area (Å²) < 4.78 is 0.910. The summed E-state index contributed by atoms with van der Waals surface area (Å²) in [4.78, 5) is 33.6. The first-order chi connectivity index (χ1) is 11.9. The fourth-order valence-electron chi connectivity index (χ4n) is 1.86. The normalized spacial score (nSPS) is 10.3. The van der Waals surface area contributed by atoms with E-state index >= 15 is 0 Å². The van der Waals surface area contributed by atoms with Crippen LogP contribution in [0.2, 0.25) is 10.0 Å². The van der Waals surface area contributed by atoms with Gasteiger partial charge in [-0.25, -0.2) is 4.68 Å². The topological polar surface area (TPSA) is 119 Å². The van der Waals surface area contributed by atoms with Crippen LogP contribution in [0.4, 0.5) is 11.4 Å². The van der Waals surface area contributed by atoms with E-state index in [2.05, 4.69) is 15.7 Å². The molecule has 11 heteroatoms. The Morgan fingerprint density at radius 2 is 1.92 bits per heavy atom. The molecule has 2 aromatic rings. The van der Waals surface area contributed by atoms with Gasteiger partial charge in [0.1, 0.15) is 11.6 Å². The van der Waals surface area contributed by atoms with E-state index in [0.717, 1.165) is 4.68 Å². The number of rotatable bonds is 7. The second kappa shape index (κ2) is 8.45. The number of hydrogen-bond acceptors (Lipinski definition) is 6. The number of nitro benzene ring substituents is 1.